The highest BCUT2D eigenvalue weighted by Gasteiger charge is 2.31. The van der Waals surface area contributed by atoms with Gasteiger partial charge in [0.05, 0.1) is 28.8 Å². The van der Waals surface area contributed by atoms with E-state index >= 15 is 0 Å². The minimum atomic E-state index is -2.98. The Morgan fingerprint density at radius 1 is 1.56 bits per heavy atom. The third-order valence-electron chi connectivity index (χ3n) is 2.74. The third kappa shape index (κ3) is 1.87. The van der Waals surface area contributed by atoms with Gasteiger partial charge in [-0.05, 0) is 13.3 Å². The standard InChI is InChI=1S/C9H11ClN2O3S/c1-6-8(4-13)9(10)12(11-6)7-2-3-16(14,15)5-7/h4,7H,2-3,5H2,1H3/t7-/m0/s1. The Morgan fingerprint density at radius 2 is 2.25 bits per heavy atom. The summed E-state index contributed by atoms with van der Waals surface area (Å²) in [4.78, 5) is 10.7. The molecule has 2 heterocycles. The van der Waals surface area contributed by atoms with Crippen LogP contribution in [0.3, 0.4) is 0 Å². The Hall–Kier alpha value is -0.880. The van der Waals surface area contributed by atoms with Crippen molar-refractivity contribution in [3.8, 4) is 0 Å². The molecule has 2 rings (SSSR count). The van der Waals surface area contributed by atoms with Crippen LogP contribution in [0.2, 0.25) is 5.15 Å². The lowest BCUT2D eigenvalue weighted by molar-refractivity contribution is 0.112. The van der Waals surface area contributed by atoms with Gasteiger partial charge in [0.1, 0.15) is 5.15 Å². The van der Waals surface area contributed by atoms with E-state index in [2.05, 4.69) is 5.10 Å². The fourth-order valence-electron chi connectivity index (χ4n) is 1.88. The summed E-state index contributed by atoms with van der Waals surface area (Å²) >= 11 is 5.98. The summed E-state index contributed by atoms with van der Waals surface area (Å²) in [5, 5.41) is 4.35. The third-order valence-corrected chi connectivity index (χ3v) is 4.87. The molecule has 0 aliphatic carbocycles. The molecule has 0 amide bonds. The topological polar surface area (TPSA) is 69.0 Å². The number of aryl methyl sites for hydroxylation is 1. The minimum Gasteiger partial charge on any atom is -0.298 e. The molecule has 1 aliphatic rings. The van der Waals surface area contributed by atoms with E-state index in [1.165, 1.54) is 4.68 Å². The molecule has 0 bridgehead atoms. The largest absolute Gasteiger partial charge is 0.298 e. The highest BCUT2D eigenvalue weighted by molar-refractivity contribution is 7.91. The molecular formula is C9H11ClN2O3S. The van der Waals surface area contributed by atoms with Crippen molar-refractivity contribution < 1.29 is 13.2 Å². The maximum atomic E-state index is 11.3. The molecule has 16 heavy (non-hydrogen) atoms. The van der Waals surface area contributed by atoms with Crippen LogP contribution in [-0.2, 0) is 9.84 Å². The summed E-state index contributed by atoms with van der Waals surface area (Å²) in [5.41, 5.74) is 0.871. The van der Waals surface area contributed by atoms with Crippen molar-refractivity contribution in [2.75, 3.05) is 11.5 Å². The Labute approximate surface area is 98.3 Å². The van der Waals surface area contributed by atoms with Crippen LogP contribution in [0.5, 0.6) is 0 Å². The summed E-state index contributed by atoms with van der Waals surface area (Å²) in [5.74, 6) is 0.204. The van der Waals surface area contributed by atoms with Gasteiger partial charge >= 0.3 is 0 Å². The van der Waals surface area contributed by atoms with Crippen molar-refractivity contribution in [3.05, 3.63) is 16.4 Å². The molecule has 5 nitrogen and oxygen atoms in total. The smallest absolute Gasteiger partial charge is 0.155 e. The molecule has 1 aromatic rings. The van der Waals surface area contributed by atoms with Crippen molar-refractivity contribution in [2.45, 2.75) is 19.4 Å². The highest BCUT2D eigenvalue weighted by Crippen LogP contribution is 2.28. The van der Waals surface area contributed by atoms with Gasteiger partial charge in [0, 0.05) is 0 Å². The number of nitrogens with zero attached hydrogens (tertiary/aromatic N) is 2. The average Bonchev–Trinajstić information content (AvgIpc) is 2.68. The van der Waals surface area contributed by atoms with Crippen LogP contribution < -0.4 is 0 Å². The van der Waals surface area contributed by atoms with Gasteiger partial charge in [-0.3, -0.25) is 4.79 Å². The van der Waals surface area contributed by atoms with Crippen molar-refractivity contribution >= 4 is 27.7 Å². The van der Waals surface area contributed by atoms with Crippen LogP contribution in [0.1, 0.15) is 28.5 Å². The van der Waals surface area contributed by atoms with Crippen LogP contribution in [-0.4, -0.2) is 36.0 Å². The molecule has 1 fully saturated rings. The molecule has 1 saturated heterocycles. The predicted octanol–water partition coefficient (Wildman–Crippen LogP) is 1.02. The number of halogens is 1. The van der Waals surface area contributed by atoms with E-state index < -0.39 is 9.84 Å². The van der Waals surface area contributed by atoms with Crippen molar-refractivity contribution in [3.63, 3.8) is 0 Å². The first kappa shape index (κ1) is 11.6. The molecular weight excluding hydrogens is 252 g/mol. The second kappa shape index (κ2) is 3.85. The van der Waals surface area contributed by atoms with E-state index in [0.717, 1.165) is 0 Å². The molecule has 0 saturated carbocycles. The Bertz CT molecular complexity index is 535. The second-order valence-corrected chi connectivity index (χ2v) is 6.50. The van der Waals surface area contributed by atoms with E-state index in [9.17, 15) is 13.2 Å². The lowest BCUT2D eigenvalue weighted by atomic mass is 10.2. The first-order valence-corrected chi connectivity index (χ1v) is 7.05. The van der Waals surface area contributed by atoms with Crippen LogP contribution in [0, 0.1) is 6.92 Å². The molecule has 1 atom stereocenters. The van der Waals surface area contributed by atoms with Crippen molar-refractivity contribution in [1.82, 2.24) is 9.78 Å². The zero-order chi connectivity index (χ0) is 11.9. The summed E-state index contributed by atoms with van der Waals surface area (Å²) in [6.45, 7) is 1.68. The van der Waals surface area contributed by atoms with Gasteiger partial charge in [0.2, 0.25) is 0 Å². The quantitative estimate of drug-likeness (QED) is 0.746. The lowest BCUT2D eigenvalue weighted by Crippen LogP contribution is -2.12. The number of carbonyl (C=O) groups excluding carboxylic acids is 1. The van der Waals surface area contributed by atoms with E-state index in [1.54, 1.807) is 6.92 Å². The van der Waals surface area contributed by atoms with Gasteiger partial charge in [-0.2, -0.15) is 5.10 Å². The monoisotopic (exact) mass is 262 g/mol. The molecule has 0 N–H and O–H groups in total. The molecule has 88 valence electrons. The van der Waals surface area contributed by atoms with Gasteiger partial charge in [-0.25, -0.2) is 13.1 Å². The molecule has 0 aromatic carbocycles. The average molecular weight is 263 g/mol. The number of sulfone groups is 1. The second-order valence-electron chi connectivity index (χ2n) is 3.91. The summed E-state index contributed by atoms with van der Waals surface area (Å²) < 4.78 is 24.1. The number of hydrogen-bond acceptors (Lipinski definition) is 4. The predicted molar refractivity (Wildman–Crippen MR) is 59.7 cm³/mol. The maximum Gasteiger partial charge on any atom is 0.155 e. The fourth-order valence-corrected chi connectivity index (χ4v) is 3.93. The van der Waals surface area contributed by atoms with Crippen LogP contribution in [0.4, 0.5) is 0 Å². The molecule has 1 aromatic heterocycles. The zero-order valence-corrected chi connectivity index (χ0v) is 10.3. The molecule has 1 aliphatic heterocycles. The van der Waals surface area contributed by atoms with E-state index in [1.807, 2.05) is 0 Å². The van der Waals surface area contributed by atoms with Crippen LogP contribution in [0.15, 0.2) is 0 Å². The number of hydrogen-bond donors (Lipinski definition) is 0. The highest BCUT2D eigenvalue weighted by atomic mass is 35.5. The maximum absolute atomic E-state index is 11.3. The molecule has 7 heteroatoms. The van der Waals surface area contributed by atoms with Gasteiger partial charge in [0.25, 0.3) is 0 Å². The van der Waals surface area contributed by atoms with Crippen molar-refractivity contribution in [2.24, 2.45) is 0 Å². The number of aromatic nitrogens is 2. The minimum absolute atomic E-state index is 0.0478. The van der Waals surface area contributed by atoms with Gasteiger partial charge in [-0.1, -0.05) is 11.6 Å². The van der Waals surface area contributed by atoms with Gasteiger partial charge in [0.15, 0.2) is 16.1 Å². The number of aldehydes is 1. The molecule has 0 unspecified atom stereocenters. The van der Waals surface area contributed by atoms with Crippen LogP contribution in [0.25, 0.3) is 0 Å². The Kier molecular flexibility index (Phi) is 2.79. The van der Waals surface area contributed by atoms with E-state index in [4.69, 9.17) is 11.6 Å². The molecule has 0 spiro atoms. The number of rotatable bonds is 2. The van der Waals surface area contributed by atoms with E-state index in [0.29, 0.717) is 24.0 Å². The SMILES string of the molecule is Cc1nn([C@H]2CCS(=O)(=O)C2)c(Cl)c1C=O. The number of carbonyl (C=O) groups is 1. The summed E-state index contributed by atoms with van der Waals surface area (Å²) in [6, 6.07) is -0.245. The van der Waals surface area contributed by atoms with E-state index in [-0.39, 0.29) is 22.7 Å². The normalized spacial score (nSPS) is 23.5. The van der Waals surface area contributed by atoms with Crippen molar-refractivity contribution in [1.29, 1.82) is 0 Å². The lowest BCUT2D eigenvalue weighted by Gasteiger charge is -2.09. The molecule has 0 radical (unpaired) electrons. The Morgan fingerprint density at radius 3 is 2.69 bits per heavy atom. The van der Waals surface area contributed by atoms with Gasteiger partial charge < -0.3 is 0 Å². The van der Waals surface area contributed by atoms with Gasteiger partial charge in [-0.15, -0.1) is 0 Å². The van der Waals surface area contributed by atoms with Crippen LogP contribution >= 0.6 is 11.6 Å². The summed E-state index contributed by atoms with van der Waals surface area (Å²) in [7, 11) is -2.98. The first-order valence-electron chi connectivity index (χ1n) is 4.85. The first-order chi connectivity index (χ1) is 7.44. The summed E-state index contributed by atoms with van der Waals surface area (Å²) in [6.07, 6.45) is 1.14. The Balaban J connectivity index is 2.39. The zero-order valence-electron chi connectivity index (χ0n) is 8.68. The fraction of sp³-hybridized carbons (Fsp3) is 0.556.